The van der Waals surface area contributed by atoms with Gasteiger partial charge in [0.25, 0.3) is 5.92 Å². The van der Waals surface area contributed by atoms with Crippen molar-refractivity contribution in [3.05, 3.63) is 58.9 Å². The highest BCUT2D eigenvalue weighted by molar-refractivity contribution is 6.32. The van der Waals surface area contributed by atoms with E-state index in [0.29, 0.717) is 41.5 Å². The summed E-state index contributed by atoms with van der Waals surface area (Å²) in [5.41, 5.74) is 2.56. The first-order chi connectivity index (χ1) is 16.7. The normalized spacial score (nSPS) is 20.5. The highest BCUT2D eigenvalue weighted by atomic mass is 35.5. The van der Waals surface area contributed by atoms with Gasteiger partial charge in [0.1, 0.15) is 6.61 Å². The minimum Gasteiger partial charge on any atom is -0.418 e. The van der Waals surface area contributed by atoms with Crippen molar-refractivity contribution >= 4 is 23.2 Å². The first kappa shape index (κ1) is 25.0. The monoisotopic (exact) mass is 505 g/mol. The van der Waals surface area contributed by atoms with Crippen LogP contribution in [0, 0.1) is 11.8 Å². The molecule has 8 nitrogen and oxygen atoms in total. The fraction of sp³-hybridized carbons (Fsp3) is 0.417. The summed E-state index contributed by atoms with van der Waals surface area (Å²) in [7, 11) is 0. The Morgan fingerprint density at radius 2 is 2.20 bits per heavy atom. The molecule has 0 radical (unpaired) electrons. The van der Waals surface area contributed by atoms with E-state index in [4.69, 9.17) is 21.1 Å². The van der Waals surface area contributed by atoms with E-state index in [0.717, 1.165) is 5.57 Å². The molecule has 0 bridgehead atoms. The van der Waals surface area contributed by atoms with Gasteiger partial charge < -0.3 is 19.7 Å². The summed E-state index contributed by atoms with van der Waals surface area (Å²) >= 11 is 6.45. The number of carbonyl (C=O) groups is 1. The quantitative estimate of drug-likeness (QED) is 0.583. The first-order valence-corrected chi connectivity index (χ1v) is 11.7. The molecule has 1 aliphatic heterocycles. The summed E-state index contributed by atoms with van der Waals surface area (Å²) in [5, 5.41) is 19.8. The van der Waals surface area contributed by atoms with Gasteiger partial charge in [-0.05, 0) is 30.1 Å². The Bertz CT molecular complexity index is 1190. The van der Waals surface area contributed by atoms with Crippen molar-refractivity contribution in [2.75, 3.05) is 13.1 Å². The third-order valence-electron chi connectivity index (χ3n) is 6.19. The molecule has 0 saturated heterocycles. The lowest BCUT2D eigenvalue weighted by Gasteiger charge is -2.31. The van der Waals surface area contributed by atoms with Gasteiger partial charge in [0.15, 0.2) is 0 Å². The molecule has 0 fully saturated rings. The summed E-state index contributed by atoms with van der Waals surface area (Å²) in [5.74, 6) is -3.75. The Labute approximate surface area is 206 Å². The minimum atomic E-state index is -2.78. The molecule has 2 atom stereocenters. The van der Waals surface area contributed by atoms with Crippen LogP contribution < -0.4 is 5.32 Å². The molecular weight excluding hydrogens is 480 g/mol. The molecule has 2 N–H and O–H groups in total. The van der Waals surface area contributed by atoms with Gasteiger partial charge in [0, 0.05) is 37.3 Å². The molecule has 11 heteroatoms. The zero-order valence-electron chi connectivity index (χ0n) is 19.3. The molecule has 35 heavy (non-hydrogen) atoms. The van der Waals surface area contributed by atoms with Crippen molar-refractivity contribution in [2.24, 2.45) is 11.8 Å². The van der Waals surface area contributed by atoms with Gasteiger partial charge in [-0.25, -0.2) is 13.6 Å². The average Bonchev–Trinajstić information content (AvgIpc) is 3.33. The van der Waals surface area contributed by atoms with Gasteiger partial charge in [-0.15, -0.1) is 10.2 Å². The fourth-order valence-corrected chi connectivity index (χ4v) is 4.45. The van der Waals surface area contributed by atoms with Crippen LogP contribution in [-0.4, -0.2) is 50.2 Å². The molecule has 186 valence electrons. The number of amides is 2. The number of carbonyl (C=O) groups excluding carboxylic acids is 1. The molecule has 2 unspecified atom stereocenters. The minimum absolute atomic E-state index is 0.0983. The molecule has 0 spiro atoms. The Morgan fingerprint density at radius 3 is 2.80 bits per heavy atom. The second kappa shape index (κ2) is 10.2. The molecule has 4 rings (SSSR count). The number of aliphatic hydroxyl groups is 1. The van der Waals surface area contributed by atoms with Crippen molar-refractivity contribution in [1.29, 1.82) is 0 Å². The number of allylic oxidation sites excluding steroid dienone is 3. The van der Waals surface area contributed by atoms with E-state index in [2.05, 4.69) is 20.5 Å². The molecular formula is C24H26ClF2N5O3. The second-order valence-electron chi connectivity index (χ2n) is 8.55. The van der Waals surface area contributed by atoms with Gasteiger partial charge in [0.05, 0.1) is 16.3 Å². The Kier molecular flexibility index (Phi) is 7.32. The van der Waals surface area contributed by atoms with E-state index in [-0.39, 0.29) is 30.8 Å². The highest BCUT2D eigenvalue weighted by Crippen LogP contribution is 2.37. The maximum atomic E-state index is 14.1. The summed E-state index contributed by atoms with van der Waals surface area (Å²) in [6, 6.07) is 1.37. The van der Waals surface area contributed by atoms with E-state index >= 15 is 0 Å². The molecule has 0 aromatic carbocycles. The molecule has 2 aromatic rings. The van der Waals surface area contributed by atoms with Crippen LogP contribution in [0.5, 0.6) is 0 Å². The number of aromatic nitrogens is 3. The highest BCUT2D eigenvalue weighted by Gasteiger charge is 2.39. The van der Waals surface area contributed by atoms with Crippen molar-refractivity contribution < 1.29 is 23.1 Å². The standard InChI is InChI=1S/C24H26ClF2N5O3/c1-3-24(26,27)18-5-4-17(10-14(18)2)29-23(34)32-8-6-15(7-9-32)21-19(25)11-16(12-28-21)22-31-30-20(13-33)35-22/h4-6,10-12,14,18,33H,3,7-9,13H2,1-2H3,(H,29,34). The maximum absolute atomic E-state index is 14.1. The third kappa shape index (κ3) is 5.43. The number of nitrogens with one attached hydrogen (secondary N) is 1. The zero-order valence-corrected chi connectivity index (χ0v) is 20.1. The van der Waals surface area contributed by atoms with Gasteiger partial charge in [-0.2, -0.15) is 0 Å². The van der Waals surface area contributed by atoms with Crippen LogP contribution in [0.2, 0.25) is 5.02 Å². The van der Waals surface area contributed by atoms with Gasteiger partial charge >= 0.3 is 6.03 Å². The van der Waals surface area contributed by atoms with Crippen LogP contribution >= 0.6 is 11.6 Å². The van der Waals surface area contributed by atoms with Crippen molar-refractivity contribution in [3.8, 4) is 11.5 Å². The maximum Gasteiger partial charge on any atom is 0.322 e. The van der Waals surface area contributed by atoms with E-state index in [1.165, 1.54) is 13.0 Å². The zero-order chi connectivity index (χ0) is 25.2. The first-order valence-electron chi connectivity index (χ1n) is 11.3. The fourth-order valence-electron chi connectivity index (χ4n) is 4.17. The number of nitrogens with zero attached hydrogens (tertiary/aromatic N) is 4. The predicted octanol–water partition coefficient (Wildman–Crippen LogP) is 4.83. The number of urea groups is 1. The van der Waals surface area contributed by atoms with Crippen LogP contribution in [0.4, 0.5) is 13.6 Å². The lowest BCUT2D eigenvalue weighted by Crippen LogP contribution is -2.42. The number of alkyl halides is 2. The smallest absolute Gasteiger partial charge is 0.322 e. The van der Waals surface area contributed by atoms with Gasteiger partial charge in [0.2, 0.25) is 11.8 Å². The number of pyridine rings is 1. The Hall–Kier alpha value is -3.11. The summed E-state index contributed by atoms with van der Waals surface area (Å²) in [4.78, 5) is 18.8. The molecule has 0 saturated carbocycles. The summed E-state index contributed by atoms with van der Waals surface area (Å²) in [6.45, 7) is 3.65. The van der Waals surface area contributed by atoms with E-state index in [1.807, 2.05) is 6.08 Å². The van der Waals surface area contributed by atoms with Crippen molar-refractivity contribution in [3.63, 3.8) is 0 Å². The van der Waals surface area contributed by atoms with Crippen LogP contribution in [-0.2, 0) is 6.61 Å². The second-order valence-corrected chi connectivity index (χ2v) is 8.96. The lowest BCUT2D eigenvalue weighted by atomic mass is 9.83. The lowest BCUT2D eigenvalue weighted by molar-refractivity contribution is -0.0555. The molecule has 3 heterocycles. The number of aliphatic hydroxyl groups excluding tert-OH is 1. The van der Waals surface area contributed by atoms with Crippen molar-refractivity contribution in [1.82, 2.24) is 25.4 Å². The Morgan fingerprint density at radius 1 is 1.40 bits per heavy atom. The molecule has 2 aliphatic rings. The average molecular weight is 506 g/mol. The Balaban J connectivity index is 1.38. The van der Waals surface area contributed by atoms with E-state index < -0.39 is 17.8 Å². The summed E-state index contributed by atoms with van der Waals surface area (Å²) in [6.07, 6.45) is 8.48. The number of halogens is 3. The summed E-state index contributed by atoms with van der Waals surface area (Å²) < 4.78 is 33.5. The SMILES string of the molecule is CCC(F)(F)C1C=CC(NC(=O)N2CC=C(c3ncc(-c4nnc(CO)o4)cc3Cl)CC2)=CC1C. The number of rotatable bonds is 6. The van der Waals surface area contributed by atoms with Crippen LogP contribution in [0.15, 0.2) is 46.7 Å². The molecule has 2 aromatic heterocycles. The van der Waals surface area contributed by atoms with Crippen LogP contribution in [0.1, 0.15) is 38.3 Å². The third-order valence-corrected chi connectivity index (χ3v) is 6.48. The predicted molar refractivity (Wildman–Crippen MR) is 126 cm³/mol. The van der Waals surface area contributed by atoms with Crippen molar-refractivity contribution in [2.45, 2.75) is 39.2 Å². The van der Waals surface area contributed by atoms with Crippen LogP contribution in [0.25, 0.3) is 17.0 Å². The topological polar surface area (TPSA) is 104 Å². The van der Waals surface area contributed by atoms with E-state index in [1.54, 1.807) is 36.2 Å². The van der Waals surface area contributed by atoms with Gasteiger partial charge in [-0.3, -0.25) is 4.98 Å². The number of hydrogen-bond acceptors (Lipinski definition) is 6. The largest absolute Gasteiger partial charge is 0.418 e. The van der Waals surface area contributed by atoms with Crippen LogP contribution in [0.3, 0.4) is 0 Å². The number of hydrogen-bond donors (Lipinski definition) is 2. The van der Waals surface area contributed by atoms with E-state index in [9.17, 15) is 13.6 Å². The molecule has 1 aliphatic carbocycles. The van der Waals surface area contributed by atoms with Gasteiger partial charge in [-0.1, -0.05) is 43.7 Å². The molecule has 2 amide bonds.